The van der Waals surface area contributed by atoms with Crippen LogP contribution in [-0.2, 0) is 6.61 Å². The van der Waals surface area contributed by atoms with E-state index in [2.05, 4.69) is 20.9 Å². The number of benzene rings is 2. The molecule has 7 heteroatoms. The van der Waals surface area contributed by atoms with Gasteiger partial charge in [-0.1, -0.05) is 39.7 Å². The molecule has 1 N–H and O–H groups in total. The van der Waals surface area contributed by atoms with Gasteiger partial charge in [-0.25, -0.2) is 14.2 Å². The number of carbonyl (C=O) groups is 1. The van der Waals surface area contributed by atoms with Crippen molar-refractivity contribution in [3.63, 3.8) is 0 Å². The quantitative estimate of drug-likeness (QED) is 0.394. The van der Waals surface area contributed by atoms with Crippen molar-refractivity contribution in [3.05, 3.63) is 92.4 Å². The molecule has 0 amide bonds. The van der Waals surface area contributed by atoms with Crippen molar-refractivity contribution in [1.29, 1.82) is 0 Å². The molecule has 0 spiro atoms. The number of ether oxygens (including phenoxy) is 1. The lowest BCUT2D eigenvalue weighted by molar-refractivity contribution is 0.0690. The van der Waals surface area contributed by atoms with Crippen LogP contribution in [0.3, 0.4) is 0 Å². The van der Waals surface area contributed by atoms with Crippen molar-refractivity contribution in [2.45, 2.75) is 25.9 Å². The molecule has 1 heterocycles. The number of carboxylic acid groups (broad SMARTS) is 1. The van der Waals surface area contributed by atoms with E-state index < -0.39 is 5.97 Å². The number of hydrogen-bond acceptors (Lipinski definition) is 3. The highest BCUT2D eigenvalue weighted by Gasteiger charge is 2.23. The Labute approximate surface area is 192 Å². The van der Waals surface area contributed by atoms with Gasteiger partial charge in [0.15, 0.2) is 5.69 Å². The number of allylic oxidation sites excluding steroid dienone is 2. The Morgan fingerprint density at radius 3 is 2.58 bits per heavy atom. The van der Waals surface area contributed by atoms with Gasteiger partial charge in [-0.2, -0.15) is 0 Å². The molecule has 2 aromatic carbocycles. The molecule has 4 nitrogen and oxygen atoms in total. The molecule has 31 heavy (non-hydrogen) atoms. The van der Waals surface area contributed by atoms with Crippen LogP contribution in [0.15, 0.2) is 59.1 Å². The minimum Gasteiger partial charge on any atom is -0.488 e. The smallest absolute Gasteiger partial charge is 0.356 e. The van der Waals surface area contributed by atoms with E-state index in [1.165, 1.54) is 12.1 Å². The first-order chi connectivity index (χ1) is 14.9. The second-order valence-corrected chi connectivity index (χ2v) is 8.52. The van der Waals surface area contributed by atoms with Crippen LogP contribution in [0.5, 0.6) is 5.75 Å². The summed E-state index contributed by atoms with van der Waals surface area (Å²) < 4.78 is 20.2. The van der Waals surface area contributed by atoms with E-state index in [1.807, 2.05) is 18.2 Å². The highest BCUT2D eigenvalue weighted by atomic mass is 79.9. The van der Waals surface area contributed by atoms with Crippen molar-refractivity contribution < 1.29 is 19.0 Å². The van der Waals surface area contributed by atoms with E-state index in [0.717, 1.165) is 46.0 Å². The SMILES string of the molecule is O=C(O)c1nc(C2=C(c3cc(Br)ccc3OCc3ccc(F)cc3)CCC2)ccc1Cl. The number of rotatable bonds is 6. The third-order valence-electron chi connectivity index (χ3n) is 5.15. The molecule has 0 atom stereocenters. The molecule has 0 radical (unpaired) electrons. The standard InChI is InChI=1S/C24H18BrClFNO3/c25-15-6-11-22(31-13-14-4-7-16(27)8-5-14)19(12-15)17-2-1-3-18(17)21-10-9-20(26)23(28-21)24(29)30/h4-12H,1-3,13H2,(H,29,30). The van der Waals surface area contributed by atoms with Crippen LogP contribution in [0.1, 0.15) is 46.6 Å². The third kappa shape index (κ3) is 4.81. The van der Waals surface area contributed by atoms with Gasteiger partial charge in [-0.3, -0.25) is 0 Å². The van der Waals surface area contributed by atoms with Crippen molar-refractivity contribution in [2.75, 3.05) is 0 Å². The first kappa shape index (κ1) is 21.5. The minimum atomic E-state index is -1.15. The molecule has 4 rings (SSSR count). The van der Waals surface area contributed by atoms with Crippen LogP contribution in [-0.4, -0.2) is 16.1 Å². The van der Waals surface area contributed by atoms with Gasteiger partial charge in [0.2, 0.25) is 0 Å². The summed E-state index contributed by atoms with van der Waals surface area (Å²) in [6.07, 6.45) is 2.54. The van der Waals surface area contributed by atoms with Gasteiger partial charge in [0.25, 0.3) is 0 Å². The monoisotopic (exact) mass is 501 g/mol. The first-order valence-corrected chi connectivity index (χ1v) is 10.9. The summed E-state index contributed by atoms with van der Waals surface area (Å²) in [7, 11) is 0. The average molecular weight is 503 g/mol. The van der Waals surface area contributed by atoms with Gasteiger partial charge in [0.1, 0.15) is 18.2 Å². The average Bonchev–Trinajstić information content (AvgIpc) is 3.24. The lowest BCUT2D eigenvalue weighted by atomic mass is 9.99. The van der Waals surface area contributed by atoms with E-state index in [1.54, 1.807) is 24.3 Å². The van der Waals surface area contributed by atoms with Crippen LogP contribution >= 0.6 is 27.5 Å². The highest BCUT2D eigenvalue weighted by molar-refractivity contribution is 9.10. The largest absolute Gasteiger partial charge is 0.488 e. The fraction of sp³-hybridized carbons (Fsp3) is 0.167. The van der Waals surface area contributed by atoms with Crippen LogP contribution in [0.2, 0.25) is 5.02 Å². The predicted octanol–water partition coefficient (Wildman–Crippen LogP) is 7.01. The first-order valence-electron chi connectivity index (χ1n) is 9.72. The molecule has 1 aliphatic rings. The number of pyridine rings is 1. The fourth-order valence-corrected chi connectivity index (χ4v) is 4.24. The van der Waals surface area contributed by atoms with Crippen molar-refractivity contribution >= 4 is 44.6 Å². The van der Waals surface area contributed by atoms with E-state index >= 15 is 0 Å². The maximum absolute atomic E-state index is 13.2. The zero-order valence-electron chi connectivity index (χ0n) is 16.4. The van der Waals surface area contributed by atoms with Crippen molar-refractivity contribution in [1.82, 2.24) is 4.98 Å². The zero-order chi connectivity index (χ0) is 22.0. The number of halogens is 3. The minimum absolute atomic E-state index is 0.113. The number of aromatic carboxylic acids is 1. The fourth-order valence-electron chi connectivity index (χ4n) is 3.69. The molecule has 3 aromatic rings. The molecule has 0 unspecified atom stereocenters. The lowest BCUT2D eigenvalue weighted by Crippen LogP contribution is -2.04. The number of nitrogens with zero attached hydrogens (tertiary/aromatic N) is 1. The number of hydrogen-bond donors (Lipinski definition) is 1. The van der Waals surface area contributed by atoms with E-state index in [0.29, 0.717) is 18.1 Å². The summed E-state index contributed by atoms with van der Waals surface area (Å²) in [5.74, 6) is -0.739. The molecule has 0 bridgehead atoms. The lowest BCUT2D eigenvalue weighted by Gasteiger charge is -2.15. The number of carboxylic acids is 1. The Bertz CT molecular complexity index is 1180. The van der Waals surface area contributed by atoms with Crippen LogP contribution < -0.4 is 4.74 Å². The molecule has 0 saturated heterocycles. The molecular weight excluding hydrogens is 485 g/mol. The summed E-state index contributed by atoms with van der Waals surface area (Å²) in [4.78, 5) is 15.8. The van der Waals surface area contributed by atoms with Gasteiger partial charge in [0.05, 0.1) is 10.7 Å². The highest BCUT2D eigenvalue weighted by Crippen LogP contribution is 2.43. The summed E-state index contributed by atoms with van der Waals surface area (Å²) in [6, 6.07) is 15.3. The van der Waals surface area contributed by atoms with E-state index in [4.69, 9.17) is 16.3 Å². The Hall–Kier alpha value is -2.70. The molecule has 0 aliphatic heterocycles. The molecule has 1 aliphatic carbocycles. The van der Waals surface area contributed by atoms with Crippen LogP contribution in [0.25, 0.3) is 11.1 Å². The summed E-state index contributed by atoms with van der Waals surface area (Å²) in [5, 5.41) is 9.49. The number of aromatic nitrogens is 1. The Morgan fingerprint density at radius 2 is 1.84 bits per heavy atom. The molecule has 0 fully saturated rings. The normalized spacial score (nSPS) is 13.5. The Morgan fingerprint density at radius 1 is 1.10 bits per heavy atom. The van der Waals surface area contributed by atoms with Crippen LogP contribution in [0, 0.1) is 5.82 Å². The molecule has 1 aromatic heterocycles. The van der Waals surface area contributed by atoms with Gasteiger partial charge in [-0.15, -0.1) is 0 Å². The molecule has 158 valence electrons. The van der Waals surface area contributed by atoms with Gasteiger partial charge >= 0.3 is 5.97 Å². The van der Waals surface area contributed by atoms with Gasteiger partial charge < -0.3 is 9.84 Å². The van der Waals surface area contributed by atoms with Crippen molar-refractivity contribution in [2.24, 2.45) is 0 Å². The zero-order valence-corrected chi connectivity index (χ0v) is 18.7. The second-order valence-electron chi connectivity index (χ2n) is 7.20. The topological polar surface area (TPSA) is 59.4 Å². The predicted molar refractivity (Wildman–Crippen MR) is 122 cm³/mol. The van der Waals surface area contributed by atoms with Crippen molar-refractivity contribution in [3.8, 4) is 5.75 Å². The molecule has 0 saturated carbocycles. The molecular formula is C24H18BrClFNO3. The van der Waals surface area contributed by atoms with E-state index in [-0.39, 0.29) is 16.5 Å². The van der Waals surface area contributed by atoms with Gasteiger partial charge in [0, 0.05) is 10.0 Å². The second kappa shape index (κ2) is 9.20. The van der Waals surface area contributed by atoms with Crippen LogP contribution in [0.4, 0.5) is 4.39 Å². The Balaban J connectivity index is 1.72. The summed E-state index contributed by atoms with van der Waals surface area (Å²) in [5.41, 5.74) is 4.31. The van der Waals surface area contributed by atoms with Gasteiger partial charge in [-0.05, 0) is 78.4 Å². The maximum atomic E-state index is 13.2. The van der Waals surface area contributed by atoms with E-state index in [9.17, 15) is 14.3 Å². The maximum Gasteiger partial charge on any atom is 0.356 e. The summed E-state index contributed by atoms with van der Waals surface area (Å²) >= 11 is 9.53. The summed E-state index contributed by atoms with van der Waals surface area (Å²) in [6.45, 7) is 0.305. The Kier molecular flexibility index (Phi) is 6.39. The third-order valence-corrected chi connectivity index (χ3v) is 5.95.